The quantitative estimate of drug-likeness (QED) is 0.0224. The van der Waals surface area contributed by atoms with E-state index in [0.29, 0.717) is 12.0 Å². The molecule has 486 valence electrons. The number of amides is 8. The number of unbranched alkanes of at least 4 members (excludes halogenated alkanes) is 12. The average Bonchev–Trinajstić information content (AvgIpc) is 2.70. The molecule has 20 N–H and O–H groups in total. The van der Waals surface area contributed by atoms with Crippen molar-refractivity contribution in [3.05, 3.63) is 35.9 Å². The molecule has 8 amide bonds. The Kier molecular flexibility index (Phi) is 39.2. The summed E-state index contributed by atoms with van der Waals surface area (Å²) in [4.78, 5) is 134. The number of Topliss-reactive ketones (excluding diaryl/α,β-unsaturated/α-hetero) is 1. The number of nitrogens with one attached hydrogen (secondary N) is 12. The van der Waals surface area contributed by atoms with Gasteiger partial charge in [0.25, 0.3) is 0 Å². The molecule has 0 radical (unpaired) electrons. The third kappa shape index (κ3) is 33.3. The lowest BCUT2D eigenvalue weighted by Gasteiger charge is -2.29. The average molecular weight is 1220 g/mol. The number of guanidine groups is 2. The summed E-state index contributed by atoms with van der Waals surface area (Å²) in [5.74, 6) is -10.5. The minimum absolute atomic E-state index is 0.0312. The Hall–Kier alpha value is -7.46. The largest absolute Gasteiger partial charge is 0.481 e. The zero-order chi connectivity index (χ0) is 64.6. The number of ketones is 1. The first-order valence-electron chi connectivity index (χ1n) is 30.1. The van der Waals surface area contributed by atoms with Crippen LogP contribution in [0.1, 0.15) is 169 Å². The maximum atomic E-state index is 14.4. The molecule has 0 bridgehead atoms. The number of rotatable bonds is 47. The van der Waals surface area contributed by atoms with E-state index in [-0.39, 0.29) is 64.0 Å². The first-order chi connectivity index (χ1) is 40.8. The van der Waals surface area contributed by atoms with Crippen molar-refractivity contribution >= 4 is 70.9 Å². The Labute approximate surface area is 505 Å². The minimum Gasteiger partial charge on any atom is -0.481 e. The van der Waals surface area contributed by atoms with E-state index in [1.165, 1.54) is 58.3 Å². The fourth-order valence-electron chi connectivity index (χ4n) is 9.04. The van der Waals surface area contributed by atoms with Gasteiger partial charge < -0.3 is 85.1 Å². The van der Waals surface area contributed by atoms with E-state index in [1.807, 2.05) is 0 Å². The van der Waals surface area contributed by atoms with Crippen molar-refractivity contribution < 1.29 is 68.4 Å². The monoisotopic (exact) mass is 1220 g/mol. The lowest BCUT2D eigenvalue weighted by Crippen LogP contribution is -2.62. The van der Waals surface area contributed by atoms with Crippen LogP contribution in [-0.2, 0) is 54.4 Å². The minimum atomic E-state index is -1.84. The third-order valence-corrected chi connectivity index (χ3v) is 14.1. The van der Waals surface area contributed by atoms with Gasteiger partial charge in [-0.2, -0.15) is 0 Å². The van der Waals surface area contributed by atoms with E-state index in [2.05, 4.69) is 60.1 Å². The topological polar surface area (TPSA) is 472 Å². The van der Waals surface area contributed by atoms with Gasteiger partial charge in [-0.3, -0.25) is 58.8 Å². The summed E-state index contributed by atoms with van der Waals surface area (Å²) in [6, 6.07) is -3.57. The van der Waals surface area contributed by atoms with Crippen LogP contribution < -0.4 is 64.6 Å². The zero-order valence-corrected chi connectivity index (χ0v) is 50.9. The molecule has 0 aliphatic rings. The molecule has 9 atom stereocenters. The number of hydrogen-bond donors (Lipinski definition) is 18. The Balaban J connectivity index is 3.30. The predicted octanol–water partition coefficient (Wildman–Crippen LogP) is -0.409. The predicted molar refractivity (Wildman–Crippen MR) is 322 cm³/mol. The van der Waals surface area contributed by atoms with Crippen molar-refractivity contribution in [2.45, 2.75) is 224 Å². The second-order valence-corrected chi connectivity index (χ2v) is 21.9. The fraction of sp³-hybridized carbons (Fsp3) is 0.690. The lowest BCUT2D eigenvalue weighted by atomic mass is 9.99. The van der Waals surface area contributed by atoms with Crippen molar-refractivity contribution in [3.63, 3.8) is 0 Å². The number of aliphatic hydroxyl groups is 3. The Morgan fingerprint density at radius 2 is 0.872 bits per heavy atom. The van der Waals surface area contributed by atoms with Crippen LogP contribution in [0.3, 0.4) is 0 Å². The molecule has 28 heteroatoms. The van der Waals surface area contributed by atoms with Gasteiger partial charge in [-0.25, -0.2) is 0 Å². The number of aliphatic hydroxyl groups excluding tert-OH is 3. The van der Waals surface area contributed by atoms with Gasteiger partial charge in [-0.15, -0.1) is 0 Å². The number of carboxylic acid groups (broad SMARTS) is 1. The van der Waals surface area contributed by atoms with Crippen molar-refractivity contribution in [2.24, 2.45) is 17.4 Å². The summed E-state index contributed by atoms with van der Waals surface area (Å²) in [6.45, 7) is 5.86. The highest BCUT2D eigenvalue weighted by molar-refractivity contribution is 5.98. The van der Waals surface area contributed by atoms with Crippen LogP contribution >= 0.6 is 0 Å². The summed E-state index contributed by atoms with van der Waals surface area (Å²) in [6.07, 6.45) is 12.4. The summed E-state index contributed by atoms with van der Waals surface area (Å²) >= 11 is 0. The molecular weight excluding hydrogens is 1120 g/mol. The summed E-state index contributed by atoms with van der Waals surface area (Å²) in [5, 5.41) is 80.3. The van der Waals surface area contributed by atoms with Crippen LogP contribution in [0.4, 0.5) is 0 Å². The first kappa shape index (κ1) is 76.6. The normalized spacial score (nSPS) is 14.2. The van der Waals surface area contributed by atoms with Gasteiger partial charge in [0.2, 0.25) is 47.3 Å². The van der Waals surface area contributed by atoms with Gasteiger partial charge in [0.1, 0.15) is 42.3 Å². The number of carboxylic acids is 1. The molecule has 1 rings (SSSR count). The molecule has 86 heavy (non-hydrogen) atoms. The van der Waals surface area contributed by atoms with Crippen LogP contribution in [0, 0.1) is 16.7 Å². The van der Waals surface area contributed by atoms with Gasteiger partial charge in [0, 0.05) is 32.4 Å². The van der Waals surface area contributed by atoms with E-state index in [1.54, 1.807) is 44.2 Å². The standard InChI is InChI=1S/C58H100N14O14/c1-6-7-8-9-10-11-12-13-14-15-16-17-21-28-46(77)71-49(38(5)76)56(86)72-48(36(2)3)55(85)68-43(33-39-24-19-18-20-25-39)52(82)66-42(27-23-32-64-58(61)62)51(81)69-45(35-74)54(84)70-44(34-73)53(83)67-41(26-22-31-63-57(59)60)50(80)65-40(37(4)75)29-30-47(78)79/h18-20,24-25,36,38,40-45,48-49,73-74,76H,6-17,21-23,26-35H2,1-5H3,(H,65,80)(H,66,82)(H,67,83)(H,68,85)(H,69,81)(H,70,84)(H,71,77)(H,72,86)(H,78,79)(H4,59,60,63)(H4,61,62,64)/t38-,40+,41+,42+,43+,44+,45+,48+,49+/m1/s1. The maximum absolute atomic E-state index is 14.4. The Morgan fingerprint density at radius 3 is 1.28 bits per heavy atom. The molecule has 1 aromatic carbocycles. The number of aliphatic carboxylic acids is 1. The van der Waals surface area contributed by atoms with Gasteiger partial charge in [-0.1, -0.05) is 128 Å². The van der Waals surface area contributed by atoms with Crippen molar-refractivity contribution in [2.75, 3.05) is 26.3 Å². The van der Waals surface area contributed by atoms with Gasteiger partial charge in [0.05, 0.1) is 25.4 Å². The molecule has 0 saturated carbocycles. The molecule has 0 aliphatic heterocycles. The molecule has 0 aliphatic carbocycles. The molecule has 28 nitrogen and oxygen atoms in total. The number of nitrogens with two attached hydrogens (primary N) is 2. The Bertz CT molecular complexity index is 2290. The highest BCUT2D eigenvalue weighted by Gasteiger charge is 2.36. The summed E-state index contributed by atoms with van der Waals surface area (Å²) in [7, 11) is 0. The SMILES string of the molecule is CCCCCCCCCCCCCCCC(=O)N[C@H](C(=O)N[C@H](C(=O)N[C@@H](Cc1ccccc1)C(=O)N[C@@H](CCCNC(=N)N)C(=O)N[C@@H](CO)C(=O)N[C@@H](CO)C(=O)N[C@@H](CCCNC(=N)N)C(=O)N[C@@H](CCC(=O)O)C(C)=O)C(C)C)[C@@H](C)O. The third-order valence-electron chi connectivity index (χ3n) is 14.1. The summed E-state index contributed by atoms with van der Waals surface area (Å²) in [5.41, 5.74) is 11.4. The van der Waals surface area contributed by atoms with Crippen LogP contribution in [0.15, 0.2) is 30.3 Å². The van der Waals surface area contributed by atoms with E-state index in [9.17, 15) is 63.3 Å². The van der Waals surface area contributed by atoms with E-state index in [0.717, 1.165) is 32.6 Å². The zero-order valence-electron chi connectivity index (χ0n) is 50.9. The lowest BCUT2D eigenvalue weighted by molar-refractivity contribution is -0.138. The van der Waals surface area contributed by atoms with Gasteiger partial charge in [0.15, 0.2) is 17.7 Å². The number of carbonyl (C=O) groups is 10. The van der Waals surface area contributed by atoms with Crippen molar-refractivity contribution in [3.8, 4) is 0 Å². The molecule has 0 spiro atoms. The Morgan fingerprint density at radius 1 is 0.477 bits per heavy atom. The second kappa shape index (κ2) is 44.1. The molecule has 0 fully saturated rings. The van der Waals surface area contributed by atoms with Crippen molar-refractivity contribution in [1.29, 1.82) is 10.8 Å². The molecule has 0 aromatic heterocycles. The summed E-state index contributed by atoms with van der Waals surface area (Å²) < 4.78 is 0. The van der Waals surface area contributed by atoms with Gasteiger partial charge >= 0.3 is 5.97 Å². The molecule has 1 aromatic rings. The molecule has 0 saturated heterocycles. The smallest absolute Gasteiger partial charge is 0.303 e. The van der Waals surface area contributed by atoms with E-state index >= 15 is 0 Å². The number of carbonyl (C=O) groups excluding carboxylic acids is 9. The fourth-order valence-corrected chi connectivity index (χ4v) is 9.04. The highest BCUT2D eigenvalue weighted by Crippen LogP contribution is 2.15. The molecular formula is C58H100N14O14. The first-order valence-corrected chi connectivity index (χ1v) is 30.1. The number of benzene rings is 1. The maximum Gasteiger partial charge on any atom is 0.303 e. The van der Waals surface area contributed by atoms with Gasteiger partial charge in [-0.05, 0) is 63.9 Å². The number of hydrogen-bond acceptors (Lipinski definition) is 15. The van der Waals surface area contributed by atoms with Crippen molar-refractivity contribution in [1.82, 2.24) is 53.2 Å². The van der Waals surface area contributed by atoms with Crippen LogP contribution in [0.2, 0.25) is 0 Å². The van der Waals surface area contributed by atoms with E-state index < -0.39 is 145 Å². The molecule has 0 heterocycles. The molecule has 0 unspecified atom stereocenters. The highest BCUT2D eigenvalue weighted by atomic mass is 16.4. The second-order valence-electron chi connectivity index (χ2n) is 21.9. The van der Waals surface area contributed by atoms with Crippen LogP contribution in [0.5, 0.6) is 0 Å². The van der Waals surface area contributed by atoms with Crippen LogP contribution in [0.25, 0.3) is 0 Å². The van der Waals surface area contributed by atoms with E-state index in [4.69, 9.17) is 27.4 Å². The van der Waals surface area contributed by atoms with Crippen LogP contribution in [-0.4, -0.2) is 172 Å².